The van der Waals surface area contributed by atoms with E-state index in [0.717, 1.165) is 15.6 Å². The first kappa shape index (κ1) is 15.7. The molecule has 2 rings (SSSR count). The molecule has 0 bridgehead atoms. The molecule has 1 N–H and O–H groups in total. The van der Waals surface area contributed by atoms with E-state index in [2.05, 4.69) is 4.98 Å². The van der Waals surface area contributed by atoms with Crippen LogP contribution in [-0.2, 0) is 10.0 Å². The van der Waals surface area contributed by atoms with E-state index in [1.165, 1.54) is 6.20 Å². The van der Waals surface area contributed by atoms with Crippen molar-refractivity contribution in [1.29, 1.82) is 0 Å². The largest absolute Gasteiger partial charge is 0.417 e. The van der Waals surface area contributed by atoms with Crippen molar-refractivity contribution in [3.05, 3.63) is 11.2 Å². The van der Waals surface area contributed by atoms with Gasteiger partial charge in [-0.05, 0) is 19.8 Å². The van der Waals surface area contributed by atoms with Crippen LogP contribution in [0.1, 0.15) is 17.8 Å². The van der Waals surface area contributed by atoms with Gasteiger partial charge in [-0.25, -0.2) is 13.4 Å². The van der Waals surface area contributed by atoms with E-state index in [9.17, 15) is 26.7 Å². The van der Waals surface area contributed by atoms with Crippen molar-refractivity contribution in [2.24, 2.45) is 0 Å². The zero-order chi connectivity index (χ0) is 15.2. The van der Waals surface area contributed by atoms with Crippen LogP contribution >= 0.6 is 11.3 Å². The number of piperidine rings is 1. The molecule has 0 amide bonds. The van der Waals surface area contributed by atoms with Gasteiger partial charge in [0, 0.05) is 13.1 Å². The van der Waals surface area contributed by atoms with Gasteiger partial charge in [-0.15, -0.1) is 11.3 Å². The highest BCUT2D eigenvalue weighted by Gasteiger charge is 2.55. The molecule has 0 unspecified atom stereocenters. The smallest absolute Gasteiger partial charge is 0.380 e. The fourth-order valence-electron chi connectivity index (χ4n) is 1.97. The summed E-state index contributed by atoms with van der Waals surface area (Å²) in [5.41, 5.74) is -2.80. The van der Waals surface area contributed by atoms with Gasteiger partial charge in [0.1, 0.15) is 0 Å². The molecule has 1 aliphatic heterocycles. The first-order valence-electron chi connectivity index (χ1n) is 5.78. The maximum Gasteiger partial charge on any atom is 0.417 e. The predicted molar refractivity (Wildman–Crippen MR) is 65.8 cm³/mol. The standard InChI is InChI=1S/C10H13F3N2O3S2/c1-7-14-6-8(19-7)20(17,18)15-4-2-9(16,3-5-15)10(11,12)13/h6,16H,2-5H2,1H3. The highest BCUT2D eigenvalue weighted by Crippen LogP contribution is 2.39. The second kappa shape index (κ2) is 4.93. The first-order valence-corrected chi connectivity index (χ1v) is 8.04. The lowest BCUT2D eigenvalue weighted by atomic mass is 9.92. The number of hydrogen-bond donors (Lipinski definition) is 1. The normalized spacial score (nSPS) is 21.1. The molecule has 0 atom stereocenters. The van der Waals surface area contributed by atoms with Gasteiger partial charge in [-0.3, -0.25) is 0 Å². The average molecular weight is 330 g/mol. The van der Waals surface area contributed by atoms with Crippen molar-refractivity contribution >= 4 is 21.4 Å². The number of aliphatic hydroxyl groups is 1. The monoisotopic (exact) mass is 330 g/mol. The van der Waals surface area contributed by atoms with E-state index in [-0.39, 0.29) is 17.3 Å². The molecule has 1 aromatic rings. The minimum atomic E-state index is -4.75. The van der Waals surface area contributed by atoms with Gasteiger partial charge in [-0.2, -0.15) is 17.5 Å². The molecule has 2 heterocycles. The van der Waals surface area contributed by atoms with Crippen molar-refractivity contribution in [3.8, 4) is 0 Å². The minimum absolute atomic E-state index is 0.00690. The van der Waals surface area contributed by atoms with Crippen LogP contribution in [-0.4, -0.2) is 47.7 Å². The van der Waals surface area contributed by atoms with Crippen LogP contribution in [0.5, 0.6) is 0 Å². The summed E-state index contributed by atoms with van der Waals surface area (Å²) in [6, 6.07) is 0. The molecule has 1 saturated heterocycles. The number of hydrogen-bond acceptors (Lipinski definition) is 5. The number of aromatic nitrogens is 1. The number of rotatable bonds is 2. The van der Waals surface area contributed by atoms with Crippen molar-refractivity contribution in [2.75, 3.05) is 13.1 Å². The Morgan fingerprint density at radius 3 is 2.35 bits per heavy atom. The maximum atomic E-state index is 12.6. The fourth-order valence-corrected chi connectivity index (χ4v) is 4.67. The fraction of sp³-hybridized carbons (Fsp3) is 0.700. The van der Waals surface area contributed by atoms with Gasteiger partial charge >= 0.3 is 6.18 Å². The number of nitrogens with zero attached hydrogens (tertiary/aromatic N) is 2. The molecular weight excluding hydrogens is 317 g/mol. The Hall–Kier alpha value is -0.710. The van der Waals surface area contributed by atoms with Gasteiger partial charge in [0.05, 0.1) is 11.2 Å². The van der Waals surface area contributed by atoms with Gasteiger partial charge in [0.2, 0.25) is 0 Å². The summed E-state index contributed by atoms with van der Waals surface area (Å²) in [6.45, 7) is 0.910. The van der Waals surface area contributed by atoms with Crippen LogP contribution in [0.15, 0.2) is 10.4 Å². The van der Waals surface area contributed by atoms with Crippen LogP contribution in [0.3, 0.4) is 0 Å². The molecule has 0 aliphatic carbocycles. The molecule has 1 fully saturated rings. The molecule has 0 spiro atoms. The molecular formula is C10H13F3N2O3S2. The van der Waals surface area contributed by atoms with Gasteiger partial charge in [0.25, 0.3) is 10.0 Å². The number of thiazole rings is 1. The van der Waals surface area contributed by atoms with Crippen LogP contribution < -0.4 is 0 Å². The number of sulfonamides is 1. The third-order valence-corrected chi connectivity index (χ3v) is 6.52. The summed E-state index contributed by atoms with van der Waals surface area (Å²) >= 11 is 0.968. The Bertz CT molecular complexity index is 589. The van der Waals surface area contributed by atoms with Crippen molar-refractivity contribution < 1.29 is 26.7 Å². The Balaban J connectivity index is 2.15. The highest BCUT2D eigenvalue weighted by atomic mass is 32.2. The van der Waals surface area contributed by atoms with Crippen LogP contribution in [0.25, 0.3) is 0 Å². The Morgan fingerprint density at radius 1 is 1.40 bits per heavy atom. The predicted octanol–water partition coefficient (Wildman–Crippen LogP) is 1.53. The number of halogens is 3. The Labute approximate surface area is 118 Å². The lowest BCUT2D eigenvalue weighted by molar-refractivity contribution is -0.270. The van der Waals surface area contributed by atoms with E-state index < -0.39 is 34.6 Å². The van der Waals surface area contributed by atoms with E-state index in [1.807, 2.05) is 0 Å². The van der Waals surface area contributed by atoms with Crippen LogP contribution in [0, 0.1) is 6.92 Å². The molecule has 5 nitrogen and oxygen atoms in total. The topological polar surface area (TPSA) is 70.5 Å². The van der Waals surface area contributed by atoms with Crippen LogP contribution in [0.4, 0.5) is 13.2 Å². The third kappa shape index (κ3) is 2.69. The highest BCUT2D eigenvalue weighted by molar-refractivity contribution is 7.91. The molecule has 0 saturated carbocycles. The molecule has 1 aliphatic rings. The summed E-state index contributed by atoms with van der Waals surface area (Å²) in [5, 5.41) is 10.1. The lowest BCUT2D eigenvalue weighted by Crippen LogP contribution is -2.54. The van der Waals surface area contributed by atoms with Crippen LogP contribution in [0.2, 0.25) is 0 Å². The molecule has 0 radical (unpaired) electrons. The molecule has 114 valence electrons. The summed E-state index contributed by atoms with van der Waals surface area (Å²) in [4.78, 5) is 3.83. The lowest BCUT2D eigenvalue weighted by Gasteiger charge is -2.38. The average Bonchev–Trinajstić information content (AvgIpc) is 2.76. The zero-order valence-corrected chi connectivity index (χ0v) is 12.1. The van der Waals surface area contributed by atoms with E-state index in [4.69, 9.17) is 0 Å². The summed E-state index contributed by atoms with van der Waals surface area (Å²) in [5.74, 6) is 0. The van der Waals surface area contributed by atoms with E-state index in [0.29, 0.717) is 5.01 Å². The van der Waals surface area contributed by atoms with Crippen molar-refractivity contribution in [2.45, 2.75) is 35.8 Å². The molecule has 10 heteroatoms. The van der Waals surface area contributed by atoms with Gasteiger partial charge < -0.3 is 5.11 Å². The number of alkyl halides is 3. The Kier molecular flexibility index (Phi) is 3.87. The van der Waals surface area contributed by atoms with Gasteiger partial charge in [-0.1, -0.05) is 0 Å². The van der Waals surface area contributed by atoms with Crippen molar-refractivity contribution in [1.82, 2.24) is 9.29 Å². The van der Waals surface area contributed by atoms with E-state index >= 15 is 0 Å². The quantitative estimate of drug-likeness (QED) is 0.893. The molecule has 0 aromatic carbocycles. The molecule has 1 aromatic heterocycles. The Morgan fingerprint density at radius 2 is 1.95 bits per heavy atom. The second-order valence-corrected chi connectivity index (χ2v) is 8.03. The van der Waals surface area contributed by atoms with Gasteiger partial charge in [0.15, 0.2) is 9.81 Å². The summed E-state index contributed by atoms with van der Waals surface area (Å²) in [7, 11) is -3.83. The van der Waals surface area contributed by atoms with E-state index in [1.54, 1.807) is 6.92 Å². The number of aryl methyl sites for hydroxylation is 1. The minimum Gasteiger partial charge on any atom is -0.380 e. The summed E-state index contributed by atoms with van der Waals surface area (Å²) < 4.78 is 63.3. The van der Waals surface area contributed by atoms with Crippen molar-refractivity contribution in [3.63, 3.8) is 0 Å². The zero-order valence-electron chi connectivity index (χ0n) is 10.5. The maximum absolute atomic E-state index is 12.6. The first-order chi connectivity index (χ1) is 9.06. The second-order valence-electron chi connectivity index (χ2n) is 4.63. The summed E-state index contributed by atoms with van der Waals surface area (Å²) in [6.07, 6.45) is -4.87. The SMILES string of the molecule is Cc1ncc(S(=O)(=O)N2CCC(O)(C(F)(F)F)CC2)s1. The molecule has 20 heavy (non-hydrogen) atoms. The third-order valence-electron chi connectivity index (χ3n) is 3.27.